The van der Waals surface area contributed by atoms with Crippen molar-refractivity contribution in [1.82, 2.24) is 14.8 Å². The number of benzene rings is 1. The van der Waals surface area contributed by atoms with Gasteiger partial charge < -0.3 is 5.11 Å². The molecule has 0 aliphatic heterocycles. The molecule has 21 heavy (non-hydrogen) atoms. The molecule has 0 saturated heterocycles. The van der Waals surface area contributed by atoms with E-state index in [1.165, 1.54) is 6.33 Å². The van der Waals surface area contributed by atoms with Crippen LogP contribution in [0.3, 0.4) is 0 Å². The van der Waals surface area contributed by atoms with Gasteiger partial charge in [0.1, 0.15) is 18.8 Å². The Balaban J connectivity index is 2.44. The zero-order valence-electron chi connectivity index (χ0n) is 12.5. The van der Waals surface area contributed by atoms with E-state index in [2.05, 4.69) is 17.0 Å². The van der Waals surface area contributed by atoms with Crippen molar-refractivity contribution in [2.45, 2.75) is 33.3 Å². The summed E-state index contributed by atoms with van der Waals surface area (Å²) in [7, 11) is 0. The second kappa shape index (κ2) is 6.41. The molecule has 0 amide bonds. The largest absolute Gasteiger partial charge is 0.386 e. The zero-order valence-corrected chi connectivity index (χ0v) is 13.2. The van der Waals surface area contributed by atoms with E-state index in [4.69, 9.17) is 11.6 Å². The Morgan fingerprint density at radius 2 is 2.05 bits per heavy atom. The number of aliphatic hydroxyl groups is 1. The van der Waals surface area contributed by atoms with Crippen molar-refractivity contribution in [3.63, 3.8) is 0 Å². The van der Waals surface area contributed by atoms with Crippen LogP contribution in [-0.2, 0) is 0 Å². The highest BCUT2D eigenvalue weighted by Gasteiger charge is 2.30. The van der Waals surface area contributed by atoms with Gasteiger partial charge in [0.2, 0.25) is 0 Å². The van der Waals surface area contributed by atoms with Gasteiger partial charge in [0.25, 0.3) is 0 Å². The van der Waals surface area contributed by atoms with Crippen LogP contribution in [-0.4, -0.2) is 26.0 Å². The molecule has 0 aliphatic carbocycles. The molecule has 4 nitrogen and oxygen atoms in total. The van der Waals surface area contributed by atoms with Gasteiger partial charge in [0, 0.05) is 5.02 Å². The highest BCUT2D eigenvalue weighted by Crippen LogP contribution is 2.32. The van der Waals surface area contributed by atoms with Crippen LogP contribution in [0.2, 0.25) is 5.02 Å². The Hall–Kier alpha value is -1.65. The van der Waals surface area contributed by atoms with Crippen molar-refractivity contribution < 1.29 is 5.11 Å². The maximum Gasteiger partial charge on any atom is 0.138 e. The zero-order chi connectivity index (χ0) is 15.5. The van der Waals surface area contributed by atoms with Crippen molar-refractivity contribution in [2.75, 3.05) is 0 Å². The van der Waals surface area contributed by atoms with Crippen LogP contribution in [0, 0.1) is 5.41 Å². The Bertz CT molecular complexity index is 603. The molecule has 2 aromatic rings. The molecule has 1 aromatic heterocycles. The molecule has 112 valence electrons. The van der Waals surface area contributed by atoms with E-state index in [0.717, 1.165) is 12.0 Å². The van der Waals surface area contributed by atoms with E-state index in [9.17, 15) is 5.11 Å². The molecule has 0 bridgehead atoms. The number of halogens is 1. The minimum atomic E-state index is -0.653. The van der Waals surface area contributed by atoms with Crippen molar-refractivity contribution >= 4 is 23.4 Å². The maximum absolute atomic E-state index is 10.7. The van der Waals surface area contributed by atoms with Gasteiger partial charge in [-0.1, -0.05) is 44.5 Å². The van der Waals surface area contributed by atoms with Crippen molar-refractivity contribution in [3.8, 4) is 0 Å². The van der Waals surface area contributed by atoms with E-state index < -0.39 is 6.10 Å². The van der Waals surface area contributed by atoms with Crippen molar-refractivity contribution in [3.05, 3.63) is 47.5 Å². The summed E-state index contributed by atoms with van der Waals surface area (Å²) < 4.78 is 1.61. The summed E-state index contributed by atoms with van der Waals surface area (Å²) in [6.07, 6.45) is 5.16. The molecule has 5 heteroatoms. The van der Waals surface area contributed by atoms with Crippen LogP contribution in [0.5, 0.6) is 0 Å². The number of hydrogen-bond acceptors (Lipinski definition) is 3. The van der Waals surface area contributed by atoms with Gasteiger partial charge in [-0.3, -0.25) is 0 Å². The van der Waals surface area contributed by atoms with Gasteiger partial charge in [-0.25, -0.2) is 9.67 Å². The SMILES string of the molecule is CCC(C)(C)C(O)/C(=C/c1ccc(Cl)cc1)n1cncn1. The molecule has 1 N–H and O–H groups in total. The van der Waals surface area contributed by atoms with Crippen LogP contribution >= 0.6 is 11.6 Å². The summed E-state index contributed by atoms with van der Waals surface area (Å²) in [5, 5.41) is 15.6. The van der Waals surface area contributed by atoms with Crippen LogP contribution in [0.25, 0.3) is 11.8 Å². The first-order chi connectivity index (χ1) is 9.94. The molecule has 0 fully saturated rings. The predicted molar refractivity (Wildman–Crippen MR) is 85.7 cm³/mol. The Kier molecular flexibility index (Phi) is 4.80. The highest BCUT2D eigenvalue weighted by molar-refractivity contribution is 6.30. The highest BCUT2D eigenvalue weighted by atomic mass is 35.5. The minimum Gasteiger partial charge on any atom is -0.386 e. The van der Waals surface area contributed by atoms with E-state index >= 15 is 0 Å². The molecule has 0 saturated carbocycles. The quantitative estimate of drug-likeness (QED) is 0.916. The van der Waals surface area contributed by atoms with E-state index in [1.54, 1.807) is 11.0 Å². The lowest BCUT2D eigenvalue weighted by Gasteiger charge is -2.30. The number of nitrogens with zero attached hydrogens (tertiary/aromatic N) is 3. The van der Waals surface area contributed by atoms with Crippen LogP contribution in [0.4, 0.5) is 0 Å². The number of aromatic nitrogens is 3. The van der Waals surface area contributed by atoms with Gasteiger partial charge in [0.05, 0.1) is 5.70 Å². The summed E-state index contributed by atoms with van der Waals surface area (Å²) in [5.74, 6) is 0. The molecule has 1 heterocycles. The summed E-state index contributed by atoms with van der Waals surface area (Å²) in [6, 6.07) is 7.46. The standard InChI is InChI=1S/C16H20ClN3O/c1-4-16(2,3)15(21)14(20-11-18-10-19-20)9-12-5-7-13(17)8-6-12/h5-11,15,21H,4H2,1-3H3/b14-9-. The van der Waals surface area contributed by atoms with Gasteiger partial charge in [-0.2, -0.15) is 5.10 Å². The summed E-state index contributed by atoms with van der Waals surface area (Å²) in [6.45, 7) is 6.12. The lowest BCUT2D eigenvalue weighted by molar-refractivity contribution is 0.0911. The average Bonchev–Trinajstić information content (AvgIpc) is 3.00. The normalized spacial score (nSPS) is 14.2. The molecule has 0 spiro atoms. The molecular formula is C16H20ClN3O. The first-order valence-electron chi connectivity index (χ1n) is 6.94. The lowest BCUT2D eigenvalue weighted by Crippen LogP contribution is -2.31. The van der Waals surface area contributed by atoms with Gasteiger partial charge in [0.15, 0.2) is 0 Å². The van der Waals surface area contributed by atoms with E-state index in [-0.39, 0.29) is 5.41 Å². The summed E-state index contributed by atoms with van der Waals surface area (Å²) in [4.78, 5) is 3.97. The first-order valence-corrected chi connectivity index (χ1v) is 7.32. The summed E-state index contributed by atoms with van der Waals surface area (Å²) >= 11 is 5.91. The third kappa shape index (κ3) is 3.71. The third-order valence-electron chi connectivity index (χ3n) is 3.80. The maximum atomic E-state index is 10.7. The Labute approximate surface area is 130 Å². The molecule has 1 atom stereocenters. The monoisotopic (exact) mass is 305 g/mol. The smallest absolute Gasteiger partial charge is 0.138 e. The summed E-state index contributed by atoms with van der Waals surface area (Å²) in [5.41, 5.74) is 1.39. The second-order valence-electron chi connectivity index (χ2n) is 5.71. The third-order valence-corrected chi connectivity index (χ3v) is 4.05. The second-order valence-corrected chi connectivity index (χ2v) is 6.14. The molecule has 0 aliphatic rings. The molecule has 2 rings (SSSR count). The van der Waals surface area contributed by atoms with Crippen LogP contribution in [0.15, 0.2) is 36.9 Å². The fourth-order valence-corrected chi connectivity index (χ4v) is 2.06. The number of hydrogen-bond donors (Lipinski definition) is 1. The van der Waals surface area contributed by atoms with Crippen molar-refractivity contribution in [2.24, 2.45) is 5.41 Å². The Morgan fingerprint density at radius 3 is 2.57 bits per heavy atom. The van der Waals surface area contributed by atoms with Gasteiger partial charge >= 0.3 is 0 Å². The fourth-order valence-electron chi connectivity index (χ4n) is 1.94. The van der Waals surface area contributed by atoms with E-state index in [1.807, 2.05) is 44.2 Å². The topological polar surface area (TPSA) is 50.9 Å². The minimum absolute atomic E-state index is 0.260. The first kappa shape index (κ1) is 15.7. The van der Waals surface area contributed by atoms with Crippen LogP contribution in [0.1, 0.15) is 32.8 Å². The van der Waals surface area contributed by atoms with Crippen LogP contribution < -0.4 is 0 Å². The Morgan fingerprint density at radius 1 is 1.38 bits per heavy atom. The lowest BCUT2D eigenvalue weighted by atomic mass is 9.82. The fraction of sp³-hybridized carbons (Fsp3) is 0.375. The molecule has 1 unspecified atom stereocenters. The molecular weight excluding hydrogens is 286 g/mol. The van der Waals surface area contributed by atoms with Gasteiger partial charge in [-0.05, 0) is 35.6 Å². The molecule has 1 aromatic carbocycles. The van der Waals surface area contributed by atoms with Gasteiger partial charge in [-0.15, -0.1) is 0 Å². The molecule has 0 radical (unpaired) electrons. The predicted octanol–water partition coefficient (Wildman–Crippen LogP) is 3.73. The van der Waals surface area contributed by atoms with E-state index in [0.29, 0.717) is 10.7 Å². The van der Waals surface area contributed by atoms with Crippen molar-refractivity contribution in [1.29, 1.82) is 0 Å². The number of aliphatic hydroxyl groups excluding tert-OH is 1. The average molecular weight is 306 g/mol. The number of rotatable bonds is 5.